The molecular weight excluding hydrogens is 148 g/mol. The van der Waals surface area contributed by atoms with Crippen molar-refractivity contribution in [1.29, 1.82) is 0 Å². The molecule has 0 rings (SSSR count). The summed E-state index contributed by atoms with van der Waals surface area (Å²) in [6.45, 7) is 1.54. The van der Waals surface area contributed by atoms with Gasteiger partial charge in [-0.25, -0.2) is 0 Å². The molecule has 0 aliphatic carbocycles. The van der Waals surface area contributed by atoms with Crippen LogP contribution in [-0.4, -0.2) is 23.8 Å². The SMILES string of the molecule is CC(N)OC=CNCC(=O)O. The molecule has 0 aliphatic heterocycles. The molecule has 1 atom stereocenters. The van der Waals surface area contributed by atoms with E-state index in [9.17, 15) is 4.79 Å². The number of aliphatic carboxylic acids is 1. The predicted octanol–water partition coefficient (Wildman–Crippen LogP) is -0.547. The fourth-order valence-corrected chi connectivity index (χ4v) is 0.358. The first-order valence-electron chi connectivity index (χ1n) is 3.14. The summed E-state index contributed by atoms with van der Waals surface area (Å²) in [5.74, 6) is -0.921. The third kappa shape index (κ3) is 8.77. The third-order valence-corrected chi connectivity index (χ3v) is 0.732. The Morgan fingerprint density at radius 3 is 3.00 bits per heavy atom. The molecule has 64 valence electrons. The molecule has 0 saturated heterocycles. The van der Waals surface area contributed by atoms with Crippen LogP contribution in [0.5, 0.6) is 0 Å². The van der Waals surface area contributed by atoms with Crippen LogP contribution in [0.2, 0.25) is 0 Å². The summed E-state index contributed by atoms with van der Waals surface area (Å²) >= 11 is 0. The lowest BCUT2D eigenvalue weighted by Crippen LogP contribution is -2.18. The van der Waals surface area contributed by atoms with Gasteiger partial charge >= 0.3 is 5.97 Å². The Morgan fingerprint density at radius 2 is 2.55 bits per heavy atom. The van der Waals surface area contributed by atoms with Crippen molar-refractivity contribution in [3.8, 4) is 0 Å². The highest BCUT2D eigenvalue weighted by Crippen LogP contribution is 1.79. The van der Waals surface area contributed by atoms with Crippen molar-refractivity contribution in [2.45, 2.75) is 13.2 Å². The van der Waals surface area contributed by atoms with Crippen molar-refractivity contribution in [2.24, 2.45) is 5.73 Å². The summed E-state index contributed by atoms with van der Waals surface area (Å²) in [6, 6.07) is 0. The summed E-state index contributed by atoms with van der Waals surface area (Å²) < 4.78 is 4.77. The van der Waals surface area contributed by atoms with Crippen molar-refractivity contribution < 1.29 is 14.6 Å². The van der Waals surface area contributed by atoms with Gasteiger partial charge in [0.25, 0.3) is 0 Å². The van der Waals surface area contributed by atoms with Crippen LogP contribution in [0.3, 0.4) is 0 Å². The molecule has 1 unspecified atom stereocenters. The monoisotopic (exact) mass is 160 g/mol. The van der Waals surface area contributed by atoms with Crippen LogP contribution < -0.4 is 11.1 Å². The van der Waals surface area contributed by atoms with Crippen molar-refractivity contribution in [1.82, 2.24) is 5.32 Å². The van der Waals surface area contributed by atoms with E-state index in [1.54, 1.807) is 6.92 Å². The van der Waals surface area contributed by atoms with Gasteiger partial charge in [0.05, 0.1) is 0 Å². The maximum atomic E-state index is 9.93. The zero-order chi connectivity index (χ0) is 8.69. The van der Waals surface area contributed by atoms with Crippen LogP contribution in [0, 0.1) is 0 Å². The molecule has 0 bridgehead atoms. The second-order valence-electron chi connectivity index (χ2n) is 1.92. The Morgan fingerprint density at radius 1 is 1.91 bits per heavy atom. The minimum atomic E-state index is -0.921. The van der Waals surface area contributed by atoms with Crippen LogP contribution in [0.4, 0.5) is 0 Å². The number of ether oxygens (including phenoxy) is 1. The number of carboxylic acids is 1. The number of hydrogen-bond donors (Lipinski definition) is 3. The van der Waals surface area contributed by atoms with E-state index >= 15 is 0 Å². The minimum absolute atomic E-state index is 0.126. The molecule has 4 N–H and O–H groups in total. The average Bonchev–Trinajstić information content (AvgIpc) is 1.85. The van der Waals surface area contributed by atoms with Gasteiger partial charge in [0.15, 0.2) is 0 Å². The molecule has 0 spiro atoms. The van der Waals surface area contributed by atoms with Gasteiger partial charge in [-0.15, -0.1) is 0 Å². The van der Waals surface area contributed by atoms with Gasteiger partial charge in [0, 0.05) is 6.20 Å². The lowest BCUT2D eigenvalue weighted by Gasteiger charge is -2.02. The van der Waals surface area contributed by atoms with Gasteiger partial charge < -0.3 is 15.2 Å². The largest absolute Gasteiger partial charge is 0.482 e. The topological polar surface area (TPSA) is 84.6 Å². The highest BCUT2D eigenvalue weighted by atomic mass is 16.5. The molecule has 0 heterocycles. The maximum Gasteiger partial charge on any atom is 0.322 e. The Labute approximate surface area is 64.8 Å². The van der Waals surface area contributed by atoms with Crippen LogP contribution >= 0.6 is 0 Å². The van der Waals surface area contributed by atoms with E-state index in [0.29, 0.717) is 0 Å². The van der Waals surface area contributed by atoms with E-state index in [-0.39, 0.29) is 12.8 Å². The van der Waals surface area contributed by atoms with E-state index in [0.717, 1.165) is 0 Å². The summed E-state index contributed by atoms with van der Waals surface area (Å²) in [4.78, 5) is 9.93. The predicted molar refractivity (Wildman–Crippen MR) is 39.5 cm³/mol. The van der Waals surface area contributed by atoms with Crippen molar-refractivity contribution in [2.75, 3.05) is 6.54 Å². The summed E-state index contributed by atoms with van der Waals surface area (Å²) in [7, 11) is 0. The quantitative estimate of drug-likeness (QED) is 0.371. The molecule has 0 radical (unpaired) electrons. The van der Waals surface area contributed by atoms with Crippen molar-refractivity contribution in [3.05, 3.63) is 12.5 Å². The second kappa shape index (κ2) is 5.55. The molecule has 5 heteroatoms. The van der Waals surface area contributed by atoms with Gasteiger partial charge in [-0.2, -0.15) is 0 Å². The number of nitrogens with two attached hydrogens (primary N) is 1. The molecular formula is C6H12N2O3. The molecule has 11 heavy (non-hydrogen) atoms. The molecule has 0 saturated carbocycles. The Balaban J connectivity index is 3.23. The molecule has 0 fully saturated rings. The standard InChI is InChI=1S/C6H12N2O3/c1-5(7)11-3-2-8-4-6(9)10/h2-3,5,8H,4,7H2,1H3,(H,9,10). The third-order valence-electron chi connectivity index (χ3n) is 0.732. The van der Waals surface area contributed by atoms with E-state index in [2.05, 4.69) is 5.32 Å². The number of nitrogens with one attached hydrogen (secondary N) is 1. The van der Waals surface area contributed by atoms with E-state index in [4.69, 9.17) is 15.6 Å². The summed E-state index contributed by atoms with van der Waals surface area (Å²) in [5.41, 5.74) is 5.22. The number of rotatable bonds is 5. The smallest absolute Gasteiger partial charge is 0.322 e. The Hall–Kier alpha value is -1.23. The molecule has 0 aliphatic rings. The number of carboxylic acid groups (broad SMARTS) is 1. The van der Waals surface area contributed by atoms with Crippen molar-refractivity contribution in [3.63, 3.8) is 0 Å². The highest BCUT2D eigenvalue weighted by Gasteiger charge is 1.89. The Bertz CT molecular complexity index is 145. The van der Waals surface area contributed by atoms with E-state index < -0.39 is 5.97 Å². The number of carbonyl (C=O) groups is 1. The first kappa shape index (κ1) is 9.77. The van der Waals surface area contributed by atoms with Crippen LogP contribution in [-0.2, 0) is 9.53 Å². The highest BCUT2D eigenvalue weighted by molar-refractivity contribution is 5.69. The van der Waals surface area contributed by atoms with E-state index in [1.165, 1.54) is 12.5 Å². The number of hydrogen-bond acceptors (Lipinski definition) is 4. The lowest BCUT2D eigenvalue weighted by atomic mass is 10.6. The zero-order valence-electron chi connectivity index (χ0n) is 6.28. The van der Waals surface area contributed by atoms with Crippen LogP contribution in [0.25, 0.3) is 0 Å². The fourth-order valence-electron chi connectivity index (χ4n) is 0.358. The van der Waals surface area contributed by atoms with Crippen LogP contribution in [0.15, 0.2) is 12.5 Å². The van der Waals surface area contributed by atoms with Gasteiger partial charge in [-0.05, 0) is 6.92 Å². The molecule has 0 aromatic heterocycles. The van der Waals surface area contributed by atoms with E-state index in [1.807, 2.05) is 0 Å². The minimum Gasteiger partial charge on any atom is -0.482 e. The van der Waals surface area contributed by atoms with Gasteiger partial charge in [0.1, 0.15) is 19.0 Å². The van der Waals surface area contributed by atoms with Gasteiger partial charge in [0.2, 0.25) is 0 Å². The second-order valence-corrected chi connectivity index (χ2v) is 1.92. The average molecular weight is 160 g/mol. The Kier molecular flexibility index (Phi) is 4.93. The lowest BCUT2D eigenvalue weighted by molar-refractivity contribution is -0.135. The van der Waals surface area contributed by atoms with Crippen LogP contribution in [0.1, 0.15) is 6.92 Å². The summed E-state index contributed by atoms with van der Waals surface area (Å²) in [6.07, 6.45) is 2.32. The van der Waals surface area contributed by atoms with Crippen molar-refractivity contribution >= 4 is 5.97 Å². The molecule has 5 nitrogen and oxygen atoms in total. The molecule has 0 aromatic rings. The van der Waals surface area contributed by atoms with Gasteiger partial charge in [-0.3, -0.25) is 10.5 Å². The first-order valence-corrected chi connectivity index (χ1v) is 3.14. The zero-order valence-corrected chi connectivity index (χ0v) is 6.28. The molecule has 0 amide bonds. The molecule has 0 aromatic carbocycles. The normalized spacial score (nSPS) is 12.9. The van der Waals surface area contributed by atoms with Gasteiger partial charge in [-0.1, -0.05) is 0 Å². The fraction of sp³-hybridized carbons (Fsp3) is 0.500. The summed E-state index contributed by atoms with van der Waals surface area (Å²) in [5, 5.41) is 10.6. The first-order chi connectivity index (χ1) is 5.13. The maximum absolute atomic E-state index is 9.93.